The maximum atomic E-state index is 12.7. The summed E-state index contributed by atoms with van der Waals surface area (Å²) >= 11 is 0. The fourth-order valence-electron chi connectivity index (χ4n) is 2.76. The monoisotopic (exact) mass is 399 g/mol. The molecule has 1 heterocycles. The van der Waals surface area contributed by atoms with Gasteiger partial charge in [0.15, 0.2) is 0 Å². The van der Waals surface area contributed by atoms with Crippen LogP contribution < -0.4 is 15.5 Å². The topological polar surface area (TPSA) is 70.7 Å². The first-order valence-corrected chi connectivity index (χ1v) is 8.96. The molecule has 0 bridgehead atoms. The highest BCUT2D eigenvalue weighted by atomic mass is 19.4. The van der Waals surface area contributed by atoms with E-state index in [0.29, 0.717) is 38.1 Å². The maximum Gasteiger partial charge on any atom is 0.454 e. The van der Waals surface area contributed by atoms with Crippen LogP contribution in [0.25, 0.3) is 0 Å². The molecule has 154 valence electrons. The molecule has 2 N–H and O–H groups in total. The first-order valence-electron chi connectivity index (χ1n) is 8.96. The molecule has 1 aliphatic heterocycles. The molecule has 9 heteroatoms. The highest BCUT2D eigenvalue weighted by Crippen LogP contribution is 2.26. The summed E-state index contributed by atoms with van der Waals surface area (Å²) in [4.78, 5) is 25.7. The van der Waals surface area contributed by atoms with Crippen molar-refractivity contribution in [3.8, 4) is 0 Å². The van der Waals surface area contributed by atoms with Crippen LogP contribution in [-0.4, -0.2) is 50.2 Å². The number of hydrogen-bond donors (Lipinski definition) is 2. The van der Waals surface area contributed by atoms with E-state index in [9.17, 15) is 22.8 Å². The van der Waals surface area contributed by atoms with E-state index < -0.39 is 23.9 Å². The van der Waals surface area contributed by atoms with E-state index in [-0.39, 0.29) is 5.92 Å². The van der Waals surface area contributed by atoms with Crippen LogP contribution in [0, 0.1) is 5.92 Å². The summed E-state index contributed by atoms with van der Waals surface area (Å²) in [6.07, 6.45) is -3.69. The van der Waals surface area contributed by atoms with Crippen molar-refractivity contribution in [3.63, 3.8) is 0 Å². The van der Waals surface area contributed by atoms with Crippen molar-refractivity contribution < 1.29 is 27.5 Å². The number of morpholine rings is 1. The predicted octanol–water partition coefficient (Wildman–Crippen LogP) is 2.72. The van der Waals surface area contributed by atoms with Crippen molar-refractivity contribution in [2.45, 2.75) is 26.1 Å². The zero-order valence-corrected chi connectivity index (χ0v) is 15.8. The van der Waals surface area contributed by atoms with E-state index in [1.807, 2.05) is 12.1 Å². The number of amides is 1. The first-order chi connectivity index (χ1) is 13.2. The van der Waals surface area contributed by atoms with Gasteiger partial charge >= 0.3 is 6.18 Å². The van der Waals surface area contributed by atoms with Gasteiger partial charge in [-0.25, -0.2) is 0 Å². The minimum absolute atomic E-state index is 0.221. The van der Waals surface area contributed by atoms with Crippen molar-refractivity contribution in [3.05, 3.63) is 36.5 Å². The van der Waals surface area contributed by atoms with E-state index in [1.54, 1.807) is 26.0 Å². The van der Waals surface area contributed by atoms with Crippen LogP contribution in [0.2, 0.25) is 0 Å². The summed E-state index contributed by atoms with van der Waals surface area (Å²) in [5, 5.41) is 5.43. The Balaban J connectivity index is 2.08. The summed E-state index contributed by atoms with van der Waals surface area (Å²) in [5.74, 6) is -2.61. The van der Waals surface area contributed by atoms with Crippen LogP contribution in [0.15, 0.2) is 36.5 Å². The van der Waals surface area contributed by atoms with Crippen molar-refractivity contribution in [1.82, 2.24) is 5.32 Å². The van der Waals surface area contributed by atoms with Gasteiger partial charge in [0.05, 0.1) is 24.6 Å². The lowest BCUT2D eigenvalue weighted by molar-refractivity contribution is -0.165. The molecule has 1 saturated heterocycles. The quantitative estimate of drug-likeness (QED) is 0.690. The number of allylic oxidation sites excluding steroid dienone is 1. The molecule has 1 fully saturated rings. The Morgan fingerprint density at radius 3 is 2.43 bits per heavy atom. The lowest BCUT2D eigenvalue weighted by Crippen LogP contribution is -2.42. The number of hydrogen-bond acceptors (Lipinski definition) is 5. The highest BCUT2D eigenvalue weighted by Gasteiger charge is 2.36. The molecule has 2 rings (SSSR count). The van der Waals surface area contributed by atoms with Gasteiger partial charge in [0.1, 0.15) is 6.04 Å². The zero-order chi connectivity index (χ0) is 20.7. The van der Waals surface area contributed by atoms with Gasteiger partial charge in [-0.1, -0.05) is 26.0 Å². The summed E-state index contributed by atoms with van der Waals surface area (Å²) in [5.41, 5.74) is 1.46. The normalized spacial score (nSPS) is 16.3. The minimum Gasteiger partial charge on any atom is -0.379 e. The molecule has 1 unspecified atom stereocenters. The average molecular weight is 399 g/mol. The molecule has 1 aliphatic rings. The number of carbonyl (C=O) groups excluding carboxylic acids is 2. The van der Waals surface area contributed by atoms with Gasteiger partial charge < -0.3 is 20.3 Å². The molecular weight excluding hydrogens is 375 g/mol. The van der Waals surface area contributed by atoms with Crippen LogP contribution >= 0.6 is 0 Å². The van der Waals surface area contributed by atoms with Crippen LogP contribution in [0.4, 0.5) is 24.5 Å². The number of carbonyl (C=O) groups is 2. The SMILES string of the molecule is CC(C)C(NC=CC(=O)C(F)(F)F)C(=O)Nc1ccccc1N1CCOCC1. The van der Waals surface area contributed by atoms with E-state index >= 15 is 0 Å². The number of rotatable bonds is 7. The Morgan fingerprint density at radius 2 is 1.82 bits per heavy atom. The Bertz CT molecular complexity index is 714. The van der Waals surface area contributed by atoms with Crippen LogP contribution in [0.1, 0.15) is 13.8 Å². The molecule has 1 aromatic rings. The lowest BCUT2D eigenvalue weighted by Gasteiger charge is -2.31. The van der Waals surface area contributed by atoms with Crippen LogP contribution in [-0.2, 0) is 14.3 Å². The van der Waals surface area contributed by atoms with Gasteiger partial charge in [-0.15, -0.1) is 0 Å². The summed E-state index contributed by atoms with van der Waals surface area (Å²) < 4.78 is 42.2. The van der Waals surface area contributed by atoms with Gasteiger partial charge in [0, 0.05) is 25.4 Å². The van der Waals surface area contributed by atoms with Gasteiger partial charge in [0.2, 0.25) is 5.91 Å². The van der Waals surface area contributed by atoms with Crippen molar-refractivity contribution >= 4 is 23.1 Å². The average Bonchev–Trinajstić information content (AvgIpc) is 2.65. The molecule has 0 spiro atoms. The smallest absolute Gasteiger partial charge is 0.379 e. The first kappa shape index (κ1) is 21.7. The molecule has 0 radical (unpaired) electrons. The van der Waals surface area contributed by atoms with Gasteiger partial charge in [0.25, 0.3) is 5.78 Å². The van der Waals surface area contributed by atoms with E-state index in [0.717, 1.165) is 11.9 Å². The molecular formula is C19H24F3N3O3. The fourth-order valence-corrected chi connectivity index (χ4v) is 2.76. The van der Waals surface area contributed by atoms with Gasteiger partial charge in [-0.2, -0.15) is 13.2 Å². The number of alkyl halides is 3. The van der Waals surface area contributed by atoms with E-state index in [4.69, 9.17) is 4.74 Å². The molecule has 0 aliphatic carbocycles. The molecule has 0 aromatic heterocycles. The molecule has 1 atom stereocenters. The molecule has 0 saturated carbocycles. The van der Waals surface area contributed by atoms with Crippen LogP contribution in [0.3, 0.4) is 0 Å². The van der Waals surface area contributed by atoms with Crippen LogP contribution in [0.5, 0.6) is 0 Å². The number of ketones is 1. The van der Waals surface area contributed by atoms with Crippen molar-refractivity contribution in [2.75, 3.05) is 36.5 Å². The number of benzene rings is 1. The number of anilines is 2. The number of halogens is 3. The van der Waals surface area contributed by atoms with Crippen molar-refractivity contribution in [1.29, 1.82) is 0 Å². The molecule has 1 amide bonds. The Morgan fingerprint density at radius 1 is 1.18 bits per heavy atom. The number of nitrogens with zero attached hydrogens (tertiary/aromatic N) is 1. The minimum atomic E-state index is -4.94. The highest BCUT2D eigenvalue weighted by molar-refractivity contribution is 5.98. The predicted molar refractivity (Wildman–Crippen MR) is 100 cm³/mol. The Kier molecular flexibility index (Phi) is 7.45. The van der Waals surface area contributed by atoms with Gasteiger partial charge in [-0.05, 0) is 18.1 Å². The lowest BCUT2D eigenvalue weighted by atomic mass is 10.0. The molecule has 28 heavy (non-hydrogen) atoms. The van der Waals surface area contributed by atoms with Gasteiger partial charge in [-0.3, -0.25) is 9.59 Å². The third-order valence-corrected chi connectivity index (χ3v) is 4.25. The van der Waals surface area contributed by atoms with Crippen molar-refractivity contribution in [2.24, 2.45) is 5.92 Å². The maximum absolute atomic E-state index is 12.7. The Labute approximate surface area is 161 Å². The summed E-state index contributed by atoms with van der Waals surface area (Å²) in [7, 11) is 0. The second kappa shape index (κ2) is 9.59. The zero-order valence-electron chi connectivity index (χ0n) is 15.8. The third kappa shape index (κ3) is 5.98. The molecule has 1 aromatic carbocycles. The third-order valence-electron chi connectivity index (χ3n) is 4.25. The largest absolute Gasteiger partial charge is 0.454 e. The summed E-state index contributed by atoms with van der Waals surface area (Å²) in [6.45, 7) is 6.09. The number of para-hydroxylation sites is 2. The Hall–Kier alpha value is -2.55. The fraction of sp³-hybridized carbons (Fsp3) is 0.474. The van der Waals surface area contributed by atoms with E-state index in [1.165, 1.54) is 0 Å². The standard InChI is InChI=1S/C19H24F3N3O3/c1-13(2)17(23-8-7-16(26)19(20,21)22)18(27)24-14-5-3-4-6-15(14)25-9-11-28-12-10-25/h3-8,13,17,23H,9-12H2,1-2H3,(H,24,27). The second-order valence-corrected chi connectivity index (χ2v) is 6.69. The number of nitrogens with one attached hydrogen (secondary N) is 2. The second-order valence-electron chi connectivity index (χ2n) is 6.69. The molecule has 6 nitrogen and oxygen atoms in total. The van der Waals surface area contributed by atoms with E-state index in [2.05, 4.69) is 15.5 Å². The number of ether oxygens (including phenoxy) is 1. The summed E-state index contributed by atoms with van der Waals surface area (Å²) in [6, 6.07) is 6.50.